The molecule has 4 aromatic carbocycles. The van der Waals surface area contributed by atoms with Crippen LogP contribution in [0.5, 0.6) is 5.75 Å². The largest absolute Gasteiger partial charge is 0.489 e. The number of halogens is 1. The Labute approximate surface area is 191 Å². The van der Waals surface area contributed by atoms with Gasteiger partial charge in [-0.05, 0) is 52.2 Å². The minimum Gasteiger partial charge on any atom is -0.489 e. The van der Waals surface area contributed by atoms with Crippen LogP contribution in [0.15, 0.2) is 91.0 Å². The number of nitrogens with one attached hydrogen (secondary N) is 1. The summed E-state index contributed by atoms with van der Waals surface area (Å²) in [4.78, 5) is 12.6. The zero-order valence-electron chi connectivity index (χ0n) is 17.0. The highest BCUT2D eigenvalue weighted by atomic mass is 35.5. The van der Waals surface area contributed by atoms with E-state index in [1.54, 1.807) is 30.3 Å². The number of hydrogen-bond donors (Lipinski definition) is 1. The van der Waals surface area contributed by atoms with Gasteiger partial charge in [-0.3, -0.25) is 4.79 Å². The molecule has 0 aromatic heterocycles. The van der Waals surface area contributed by atoms with E-state index in [1.807, 2.05) is 48.5 Å². The maximum absolute atomic E-state index is 12.6. The topological polar surface area (TPSA) is 72.5 Å². The number of rotatable bonds is 7. The monoisotopic (exact) mass is 465 g/mol. The third-order valence-corrected chi connectivity index (χ3v) is 6.25. The second-order valence-electron chi connectivity index (χ2n) is 7.32. The van der Waals surface area contributed by atoms with Crippen molar-refractivity contribution in [3.63, 3.8) is 0 Å². The van der Waals surface area contributed by atoms with Crippen LogP contribution < -0.4 is 9.46 Å². The van der Waals surface area contributed by atoms with Gasteiger partial charge in [0.05, 0.1) is 5.75 Å². The van der Waals surface area contributed by atoms with E-state index in [2.05, 4.69) is 4.72 Å². The van der Waals surface area contributed by atoms with Crippen LogP contribution in [0.4, 0.5) is 0 Å². The molecule has 0 unspecified atom stereocenters. The lowest BCUT2D eigenvalue weighted by Crippen LogP contribution is -2.31. The molecule has 0 spiro atoms. The van der Waals surface area contributed by atoms with E-state index < -0.39 is 15.9 Å². The van der Waals surface area contributed by atoms with E-state index >= 15 is 0 Å². The molecular formula is C25H20ClNO4S. The molecule has 4 rings (SSSR count). The van der Waals surface area contributed by atoms with Crippen molar-refractivity contribution in [2.24, 2.45) is 0 Å². The highest BCUT2D eigenvalue weighted by Gasteiger charge is 2.17. The number of benzene rings is 4. The molecule has 1 amide bonds. The smallest absolute Gasteiger partial charge is 0.264 e. The van der Waals surface area contributed by atoms with Gasteiger partial charge in [0.25, 0.3) is 5.91 Å². The molecule has 0 saturated carbocycles. The lowest BCUT2D eigenvalue weighted by molar-refractivity contribution is 0.0981. The van der Waals surface area contributed by atoms with Gasteiger partial charge < -0.3 is 4.74 Å². The fourth-order valence-electron chi connectivity index (χ4n) is 3.30. The van der Waals surface area contributed by atoms with Crippen molar-refractivity contribution in [3.05, 3.63) is 113 Å². The molecule has 5 nitrogen and oxygen atoms in total. The van der Waals surface area contributed by atoms with Gasteiger partial charge in [0.1, 0.15) is 12.4 Å². The van der Waals surface area contributed by atoms with E-state index in [-0.39, 0.29) is 17.9 Å². The number of amides is 1. The quantitative estimate of drug-likeness (QED) is 0.400. The lowest BCUT2D eigenvalue weighted by Gasteiger charge is -2.10. The molecule has 32 heavy (non-hydrogen) atoms. The molecule has 0 fully saturated rings. The summed E-state index contributed by atoms with van der Waals surface area (Å²) in [7, 11) is -3.88. The van der Waals surface area contributed by atoms with Crippen molar-refractivity contribution in [1.29, 1.82) is 0 Å². The molecule has 0 saturated heterocycles. The average Bonchev–Trinajstić information content (AvgIpc) is 2.77. The van der Waals surface area contributed by atoms with Crippen LogP contribution in [0.2, 0.25) is 5.02 Å². The second-order valence-corrected chi connectivity index (χ2v) is 9.48. The van der Waals surface area contributed by atoms with Crippen molar-refractivity contribution in [3.8, 4) is 5.75 Å². The first-order chi connectivity index (χ1) is 15.4. The summed E-state index contributed by atoms with van der Waals surface area (Å²) in [6.07, 6.45) is 0. The molecule has 0 atom stereocenters. The molecule has 0 aliphatic rings. The van der Waals surface area contributed by atoms with Crippen LogP contribution in [0, 0.1) is 0 Å². The Bertz CT molecular complexity index is 1390. The van der Waals surface area contributed by atoms with Gasteiger partial charge in [-0.15, -0.1) is 0 Å². The first-order valence-electron chi connectivity index (χ1n) is 9.88. The SMILES string of the molecule is O=C(NS(=O)(=O)Cc1ccc2ccccc2c1)c1cccc(OCc2cccc(Cl)c2)c1. The Hall–Kier alpha value is -3.35. The van der Waals surface area contributed by atoms with Crippen LogP contribution in [-0.4, -0.2) is 14.3 Å². The molecule has 0 aliphatic heterocycles. The van der Waals surface area contributed by atoms with Crippen molar-refractivity contribution in [2.75, 3.05) is 0 Å². The molecular weight excluding hydrogens is 446 g/mol. The maximum atomic E-state index is 12.6. The normalized spacial score (nSPS) is 11.3. The number of ether oxygens (including phenoxy) is 1. The van der Waals surface area contributed by atoms with Gasteiger partial charge in [-0.1, -0.05) is 72.3 Å². The summed E-state index contributed by atoms with van der Waals surface area (Å²) < 4.78 is 33.0. The van der Waals surface area contributed by atoms with Gasteiger partial charge in [-0.25, -0.2) is 13.1 Å². The zero-order chi connectivity index (χ0) is 22.6. The zero-order valence-corrected chi connectivity index (χ0v) is 18.6. The van der Waals surface area contributed by atoms with Crippen LogP contribution >= 0.6 is 11.6 Å². The molecule has 0 aliphatic carbocycles. The molecule has 4 aromatic rings. The number of sulfonamides is 1. The number of carbonyl (C=O) groups excluding carboxylic acids is 1. The van der Waals surface area contributed by atoms with Gasteiger partial charge >= 0.3 is 0 Å². The van der Waals surface area contributed by atoms with Crippen LogP contribution in [0.25, 0.3) is 10.8 Å². The summed E-state index contributed by atoms with van der Waals surface area (Å²) in [5.41, 5.74) is 1.67. The number of carbonyl (C=O) groups is 1. The first kappa shape index (κ1) is 21.9. The molecule has 1 N–H and O–H groups in total. The summed E-state index contributed by atoms with van der Waals surface area (Å²) in [6, 6.07) is 26.7. The van der Waals surface area contributed by atoms with E-state index in [0.29, 0.717) is 16.3 Å². The molecule has 0 heterocycles. The van der Waals surface area contributed by atoms with Gasteiger partial charge in [0, 0.05) is 10.6 Å². The van der Waals surface area contributed by atoms with Crippen molar-refractivity contribution >= 4 is 38.3 Å². The van der Waals surface area contributed by atoms with Crippen LogP contribution in [-0.2, 0) is 22.4 Å². The molecule has 0 bridgehead atoms. The average molecular weight is 466 g/mol. The van der Waals surface area contributed by atoms with Crippen LogP contribution in [0.3, 0.4) is 0 Å². The predicted octanol–water partition coefficient (Wildman–Crippen LogP) is 5.33. The Morgan fingerprint density at radius 2 is 1.59 bits per heavy atom. The molecule has 162 valence electrons. The van der Waals surface area contributed by atoms with E-state index in [0.717, 1.165) is 16.3 Å². The minimum absolute atomic E-state index is 0.190. The van der Waals surface area contributed by atoms with Crippen molar-refractivity contribution < 1.29 is 17.9 Å². The second kappa shape index (κ2) is 9.42. The molecule has 0 radical (unpaired) electrons. The standard InChI is InChI=1S/C25H20ClNO4S/c26-23-9-3-5-18(14-23)16-31-24-10-4-8-22(15-24)25(28)27-32(29,30)17-19-11-12-20-6-1-2-7-21(20)13-19/h1-15H,16-17H2,(H,27,28). The highest BCUT2D eigenvalue weighted by Crippen LogP contribution is 2.19. The van der Waals surface area contributed by atoms with E-state index in [9.17, 15) is 13.2 Å². The van der Waals surface area contributed by atoms with Crippen LogP contribution in [0.1, 0.15) is 21.5 Å². The van der Waals surface area contributed by atoms with Crippen molar-refractivity contribution in [1.82, 2.24) is 4.72 Å². The number of hydrogen-bond acceptors (Lipinski definition) is 4. The summed E-state index contributed by atoms with van der Waals surface area (Å²) in [6.45, 7) is 0.270. The highest BCUT2D eigenvalue weighted by molar-refractivity contribution is 7.89. The Morgan fingerprint density at radius 1 is 0.812 bits per heavy atom. The van der Waals surface area contributed by atoms with E-state index in [4.69, 9.17) is 16.3 Å². The number of fused-ring (bicyclic) bond motifs is 1. The van der Waals surface area contributed by atoms with Gasteiger partial charge in [0.2, 0.25) is 10.0 Å². The van der Waals surface area contributed by atoms with Gasteiger partial charge in [0.15, 0.2) is 0 Å². The van der Waals surface area contributed by atoms with E-state index in [1.165, 1.54) is 12.1 Å². The third-order valence-electron chi connectivity index (χ3n) is 4.81. The Balaban J connectivity index is 1.42. The minimum atomic E-state index is -3.88. The fraction of sp³-hybridized carbons (Fsp3) is 0.0800. The molecule has 7 heteroatoms. The van der Waals surface area contributed by atoms with Gasteiger partial charge in [-0.2, -0.15) is 0 Å². The van der Waals surface area contributed by atoms with Crippen molar-refractivity contribution in [2.45, 2.75) is 12.4 Å². The summed E-state index contributed by atoms with van der Waals surface area (Å²) in [5.74, 6) is -0.558. The Kier molecular flexibility index (Phi) is 6.44. The summed E-state index contributed by atoms with van der Waals surface area (Å²) in [5, 5.41) is 2.57. The Morgan fingerprint density at radius 3 is 2.41 bits per heavy atom. The fourth-order valence-corrected chi connectivity index (χ4v) is 4.61. The summed E-state index contributed by atoms with van der Waals surface area (Å²) >= 11 is 5.98. The lowest BCUT2D eigenvalue weighted by atomic mass is 10.1. The predicted molar refractivity (Wildman–Crippen MR) is 126 cm³/mol. The third kappa shape index (κ3) is 5.66. The first-order valence-corrected chi connectivity index (χ1v) is 11.9. The maximum Gasteiger partial charge on any atom is 0.264 e.